The van der Waals surface area contributed by atoms with E-state index in [0.717, 1.165) is 31.7 Å². The van der Waals surface area contributed by atoms with E-state index in [2.05, 4.69) is 5.32 Å². The van der Waals surface area contributed by atoms with Gasteiger partial charge < -0.3 is 20.5 Å². The highest BCUT2D eigenvalue weighted by Gasteiger charge is 2.23. The third kappa shape index (κ3) is 4.24. The Morgan fingerprint density at radius 1 is 1.18 bits per heavy atom. The Labute approximate surface area is 135 Å². The number of hydrogen-bond acceptors (Lipinski definition) is 4. The largest absolute Gasteiger partial charge is 0.493 e. The smallest absolute Gasteiger partial charge is 0.254 e. The molecular formula is C15H22ClFN2O3. The van der Waals surface area contributed by atoms with Gasteiger partial charge in [-0.05, 0) is 31.7 Å². The molecule has 124 valence electrons. The van der Waals surface area contributed by atoms with Crippen LogP contribution in [0.4, 0.5) is 4.39 Å². The third-order valence-corrected chi connectivity index (χ3v) is 3.82. The van der Waals surface area contributed by atoms with Crippen molar-refractivity contribution in [3.05, 3.63) is 23.5 Å². The van der Waals surface area contributed by atoms with Crippen molar-refractivity contribution in [1.82, 2.24) is 5.32 Å². The van der Waals surface area contributed by atoms with Crippen molar-refractivity contribution in [2.75, 3.05) is 14.2 Å². The van der Waals surface area contributed by atoms with E-state index < -0.39 is 11.7 Å². The topological polar surface area (TPSA) is 73.6 Å². The number of nitrogens with one attached hydrogen (secondary N) is 1. The first-order valence-corrected chi connectivity index (χ1v) is 7.03. The van der Waals surface area contributed by atoms with Crippen LogP contribution >= 0.6 is 12.4 Å². The molecule has 0 atom stereocenters. The van der Waals surface area contributed by atoms with Gasteiger partial charge in [0.05, 0.1) is 19.8 Å². The number of rotatable bonds is 4. The molecule has 1 saturated carbocycles. The van der Waals surface area contributed by atoms with E-state index in [9.17, 15) is 9.18 Å². The standard InChI is InChI=1S/C15H21FN2O3.ClH/c1-20-13-7-11(12(16)8-14(13)21-2)15(19)18-10-5-3-9(17)4-6-10;/h7-10H,3-6,17H2,1-2H3,(H,18,19);1H. The number of methoxy groups -OCH3 is 2. The summed E-state index contributed by atoms with van der Waals surface area (Å²) >= 11 is 0. The molecule has 1 aliphatic carbocycles. The SMILES string of the molecule is COc1cc(F)c(C(=O)NC2CCC(N)CC2)cc1OC.Cl. The van der Waals surface area contributed by atoms with E-state index >= 15 is 0 Å². The summed E-state index contributed by atoms with van der Waals surface area (Å²) in [5.74, 6) is -0.475. The van der Waals surface area contributed by atoms with Crippen LogP contribution in [0.15, 0.2) is 12.1 Å². The Morgan fingerprint density at radius 3 is 2.27 bits per heavy atom. The zero-order valence-electron chi connectivity index (χ0n) is 12.7. The first kappa shape index (κ1) is 18.5. The molecule has 0 heterocycles. The molecule has 0 aliphatic heterocycles. The second kappa shape index (κ2) is 8.19. The van der Waals surface area contributed by atoms with Gasteiger partial charge in [-0.25, -0.2) is 4.39 Å². The number of ether oxygens (including phenoxy) is 2. The Hall–Kier alpha value is -1.53. The van der Waals surface area contributed by atoms with Crippen LogP contribution < -0.4 is 20.5 Å². The lowest BCUT2D eigenvalue weighted by Gasteiger charge is -2.26. The summed E-state index contributed by atoms with van der Waals surface area (Å²) < 4.78 is 24.1. The van der Waals surface area contributed by atoms with Crippen LogP contribution in [0.1, 0.15) is 36.0 Å². The summed E-state index contributed by atoms with van der Waals surface area (Å²) in [7, 11) is 2.86. The van der Waals surface area contributed by atoms with Crippen LogP contribution in [0.3, 0.4) is 0 Å². The summed E-state index contributed by atoms with van der Waals surface area (Å²) in [6.45, 7) is 0. The fourth-order valence-corrected chi connectivity index (χ4v) is 2.55. The fraction of sp³-hybridized carbons (Fsp3) is 0.533. The number of hydrogen-bond donors (Lipinski definition) is 2. The van der Waals surface area contributed by atoms with Crippen molar-refractivity contribution in [2.24, 2.45) is 5.73 Å². The van der Waals surface area contributed by atoms with Crippen LogP contribution in [0.25, 0.3) is 0 Å². The van der Waals surface area contributed by atoms with Crippen molar-refractivity contribution in [1.29, 1.82) is 0 Å². The minimum atomic E-state index is -0.627. The van der Waals surface area contributed by atoms with Gasteiger partial charge in [-0.3, -0.25) is 4.79 Å². The highest BCUT2D eigenvalue weighted by Crippen LogP contribution is 2.30. The third-order valence-electron chi connectivity index (χ3n) is 3.82. The van der Waals surface area contributed by atoms with Crippen molar-refractivity contribution in [3.63, 3.8) is 0 Å². The maximum Gasteiger partial charge on any atom is 0.254 e. The average molecular weight is 333 g/mol. The molecule has 22 heavy (non-hydrogen) atoms. The molecule has 3 N–H and O–H groups in total. The number of carbonyl (C=O) groups excluding carboxylic acids is 1. The lowest BCUT2D eigenvalue weighted by atomic mass is 9.91. The molecule has 1 aromatic rings. The van der Waals surface area contributed by atoms with Crippen LogP contribution in [0.2, 0.25) is 0 Å². The van der Waals surface area contributed by atoms with Gasteiger partial charge in [-0.15, -0.1) is 12.4 Å². The number of benzene rings is 1. The molecule has 0 saturated heterocycles. The lowest BCUT2D eigenvalue weighted by Crippen LogP contribution is -2.40. The molecule has 0 aromatic heterocycles. The van der Waals surface area contributed by atoms with Gasteiger partial charge in [0.2, 0.25) is 0 Å². The van der Waals surface area contributed by atoms with Crippen molar-refractivity contribution >= 4 is 18.3 Å². The average Bonchev–Trinajstić information content (AvgIpc) is 2.49. The van der Waals surface area contributed by atoms with E-state index in [1.165, 1.54) is 20.3 Å². The Bertz CT molecular complexity index is 520. The van der Waals surface area contributed by atoms with Gasteiger partial charge in [-0.2, -0.15) is 0 Å². The Kier molecular flexibility index (Phi) is 6.90. The molecule has 0 unspecified atom stereocenters. The quantitative estimate of drug-likeness (QED) is 0.887. The Balaban J connectivity index is 0.00000242. The first-order chi connectivity index (χ1) is 10.0. The van der Waals surface area contributed by atoms with Crippen molar-refractivity contribution in [3.8, 4) is 11.5 Å². The monoisotopic (exact) mass is 332 g/mol. The summed E-state index contributed by atoms with van der Waals surface area (Å²) in [6.07, 6.45) is 3.39. The van der Waals surface area contributed by atoms with Crippen LogP contribution in [0.5, 0.6) is 11.5 Å². The summed E-state index contributed by atoms with van der Waals surface area (Å²) in [5, 5.41) is 2.85. The molecule has 0 radical (unpaired) electrons. The Morgan fingerprint density at radius 2 is 1.73 bits per heavy atom. The molecule has 1 aliphatic rings. The molecule has 2 rings (SSSR count). The molecular weight excluding hydrogens is 311 g/mol. The lowest BCUT2D eigenvalue weighted by molar-refractivity contribution is 0.0921. The molecule has 7 heteroatoms. The van der Waals surface area contributed by atoms with Gasteiger partial charge >= 0.3 is 0 Å². The molecule has 1 fully saturated rings. The fourth-order valence-electron chi connectivity index (χ4n) is 2.55. The molecule has 0 spiro atoms. The molecule has 1 aromatic carbocycles. The second-order valence-corrected chi connectivity index (χ2v) is 5.27. The van der Waals surface area contributed by atoms with Gasteiger partial charge in [0.1, 0.15) is 5.82 Å². The maximum atomic E-state index is 14.0. The number of nitrogens with two attached hydrogens (primary N) is 1. The first-order valence-electron chi connectivity index (χ1n) is 7.03. The maximum absolute atomic E-state index is 14.0. The second-order valence-electron chi connectivity index (χ2n) is 5.27. The van der Waals surface area contributed by atoms with Gasteiger partial charge in [0.25, 0.3) is 5.91 Å². The summed E-state index contributed by atoms with van der Waals surface area (Å²) in [5.41, 5.74) is 5.79. The molecule has 5 nitrogen and oxygen atoms in total. The predicted octanol–water partition coefficient (Wildman–Crippen LogP) is 2.26. The molecule has 1 amide bonds. The van der Waals surface area contributed by atoms with Crippen LogP contribution in [-0.2, 0) is 0 Å². The molecule has 0 bridgehead atoms. The number of halogens is 2. The zero-order valence-corrected chi connectivity index (χ0v) is 13.5. The van der Waals surface area contributed by atoms with Crippen molar-refractivity contribution in [2.45, 2.75) is 37.8 Å². The van der Waals surface area contributed by atoms with Gasteiger partial charge in [-0.1, -0.05) is 0 Å². The predicted molar refractivity (Wildman–Crippen MR) is 84.4 cm³/mol. The highest BCUT2D eigenvalue weighted by atomic mass is 35.5. The van der Waals surface area contributed by atoms with E-state index in [1.807, 2.05) is 0 Å². The highest BCUT2D eigenvalue weighted by molar-refractivity contribution is 5.95. The van der Waals surface area contributed by atoms with E-state index in [1.54, 1.807) is 0 Å². The zero-order chi connectivity index (χ0) is 15.4. The van der Waals surface area contributed by atoms with E-state index in [-0.39, 0.29) is 35.8 Å². The van der Waals surface area contributed by atoms with Crippen LogP contribution in [0, 0.1) is 5.82 Å². The van der Waals surface area contributed by atoms with Crippen molar-refractivity contribution < 1.29 is 18.7 Å². The van der Waals surface area contributed by atoms with Gasteiger partial charge in [0, 0.05) is 18.2 Å². The minimum absolute atomic E-state index is 0. The normalized spacial score (nSPS) is 20.7. The van der Waals surface area contributed by atoms with Crippen LogP contribution in [-0.4, -0.2) is 32.2 Å². The number of amides is 1. The summed E-state index contributed by atoms with van der Waals surface area (Å²) in [4.78, 5) is 12.2. The van der Waals surface area contributed by atoms with E-state index in [4.69, 9.17) is 15.2 Å². The van der Waals surface area contributed by atoms with E-state index in [0.29, 0.717) is 5.75 Å². The van der Waals surface area contributed by atoms with Gasteiger partial charge in [0.15, 0.2) is 11.5 Å². The number of carbonyl (C=O) groups is 1. The summed E-state index contributed by atoms with van der Waals surface area (Å²) in [6, 6.07) is 2.77. The minimum Gasteiger partial charge on any atom is -0.493 e.